The maximum Gasteiger partial charge on any atom is 0.435 e. The lowest BCUT2D eigenvalue weighted by atomic mass is 9.89. The first-order valence-corrected chi connectivity index (χ1v) is 10.4. The topological polar surface area (TPSA) is 116 Å². The average Bonchev–Trinajstić information content (AvgIpc) is 3.16. The van der Waals surface area contributed by atoms with E-state index in [9.17, 15) is 19.7 Å². The van der Waals surface area contributed by atoms with E-state index in [0.29, 0.717) is 24.9 Å². The fourth-order valence-electron chi connectivity index (χ4n) is 4.82. The fraction of sp³-hybridized carbons (Fsp3) is 0.737. The first kappa shape index (κ1) is 18.9. The highest BCUT2D eigenvalue weighted by molar-refractivity contribution is 5.71. The second-order valence-electron chi connectivity index (χ2n) is 8.33. The number of nitro groups is 1. The van der Waals surface area contributed by atoms with E-state index in [1.807, 2.05) is 0 Å². The van der Waals surface area contributed by atoms with Gasteiger partial charge in [0, 0.05) is 13.1 Å². The van der Waals surface area contributed by atoms with Crippen molar-refractivity contribution in [1.82, 2.24) is 19.1 Å². The molecule has 4 rings (SSSR count). The van der Waals surface area contributed by atoms with Gasteiger partial charge in [-0.1, -0.05) is 38.5 Å². The van der Waals surface area contributed by atoms with Gasteiger partial charge in [-0.2, -0.15) is 0 Å². The van der Waals surface area contributed by atoms with Gasteiger partial charge in [-0.3, -0.25) is 13.9 Å². The van der Waals surface area contributed by atoms with E-state index in [0.717, 1.165) is 51.4 Å². The van der Waals surface area contributed by atoms with Crippen molar-refractivity contribution in [3.8, 4) is 0 Å². The molecule has 2 heterocycles. The van der Waals surface area contributed by atoms with Gasteiger partial charge in [0.15, 0.2) is 0 Å². The van der Waals surface area contributed by atoms with E-state index in [1.54, 1.807) is 0 Å². The van der Waals surface area contributed by atoms with Gasteiger partial charge in [-0.05, 0) is 47.4 Å². The molecule has 0 aliphatic heterocycles. The van der Waals surface area contributed by atoms with E-state index in [1.165, 1.54) is 22.0 Å². The Morgan fingerprint density at radius 2 is 1.46 bits per heavy atom. The number of rotatable bonds is 5. The zero-order chi connectivity index (χ0) is 19.7. The SMILES string of the molecule is O=c1c2[nH]c([N+](=O)[O-])nc2n(CC2CCCCC2)c(=O)n1CC1CCCCC1. The third-order valence-corrected chi connectivity index (χ3v) is 6.35. The monoisotopic (exact) mass is 389 g/mol. The van der Waals surface area contributed by atoms with Gasteiger partial charge >= 0.3 is 11.6 Å². The van der Waals surface area contributed by atoms with Crippen LogP contribution in [0.25, 0.3) is 11.2 Å². The van der Waals surface area contributed by atoms with Crippen LogP contribution in [0.3, 0.4) is 0 Å². The van der Waals surface area contributed by atoms with Crippen molar-refractivity contribution in [1.29, 1.82) is 0 Å². The molecule has 152 valence electrons. The summed E-state index contributed by atoms with van der Waals surface area (Å²) in [6.07, 6.45) is 11.0. The minimum absolute atomic E-state index is 0.0675. The van der Waals surface area contributed by atoms with E-state index in [-0.39, 0.29) is 16.9 Å². The first-order chi connectivity index (χ1) is 13.5. The van der Waals surface area contributed by atoms with Crippen molar-refractivity contribution in [2.45, 2.75) is 77.3 Å². The highest BCUT2D eigenvalue weighted by Gasteiger charge is 2.27. The molecule has 2 aliphatic rings. The van der Waals surface area contributed by atoms with Gasteiger partial charge in [0.2, 0.25) is 5.52 Å². The molecule has 0 amide bonds. The number of aromatic nitrogens is 4. The Bertz CT molecular complexity index is 977. The molecule has 0 spiro atoms. The zero-order valence-corrected chi connectivity index (χ0v) is 16.1. The molecular weight excluding hydrogens is 362 g/mol. The number of imidazole rings is 1. The molecule has 2 fully saturated rings. The number of H-pyrrole nitrogens is 1. The molecule has 0 saturated heterocycles. The number of nitrogens with one attached hydrogen (secondary N) is 1. The third kappa shape index (κ3) is 3.62. The normalized spacial score (nSPS) is 19.3. The Labute approximate surface area is 161 Å². The van der Waals surface area contributed by atoms with Crippen molar-refractivity contribution in [3.63, 3.8) is 0 Å². The van der Waals surface area contributed by atoms with Gasteiger partial charge in [-0.25, -0.2) is 9.78 Å². The summed E-state index contributed by atoms with van der Waals surface area (Å²) in [7, 11) is 0. The molecule has 2 saturated carbocycles. The quantitative estimate of drug-likeness (QED) is 0.623. The number of hydrogen-bond donors (Lipinski definition) is 1. The molecule has 9 nitrogen and oxygen atoms in total. The molecule has 9 heteroatoms. The van der Waals surface area contributed by atoms with Crippen LogP contribution in [-0.2, 0) is 13.1 Å². The Kier molecular flexibility index (Phi) is 5.32. The molecule has 2 aliphatic carbocycles. The maximum absolute atomic E-state index is 13.2. The van der Waals surface area contributed by atoms with Gasteiger partial charge in [0.25, 0.3) is 11.2 Å². The lowest BCUT2D eigenvalue weighted by molar-refractivity contribution is -0.393. The highest BCUT2D eigenvalue weighted by Crippen LogP contribution is 2.26. The smallest absolute Gasteiger partial charge is 0.390 e. The molecule has 0 radical (unpaired) electrons. The van der Waals surface area contributed by atoms with Crippen molar-refractivity contribution >= 4 is 17.1 Å². The van der Waals surface area contributed by atoms with Gasteiger partial charge in [-0.15, -0.1) is 0 Å². The summed E-state index contributed by atoms with van der Waals surface area (Å²) in [4.78, 5) is 43.2. The summed E-state index contributed by atoms with van der Waals surface area (Å²) in [6.45, 7) is 0.841. The predicted octanol–water partition coefficient (Wildman–Crippen LogP) is 2.96. The molecule has 0 aromatic carbocycles. The van der Waals surface area contributed by atoms with Crippen molar-refractivity contribution in [3.05, 3.63) is 31.0 Å². The molecular formula is C19H27N5O4. The third-order valence-electron chi connectivity index (χ3n) is 6.35. The Balaban J connectivity index is 1.80. The van der Waals surface area contributed by atoms with Gasteiger partial charge in [0.05, 0.1) is 0 Å². The van der Waals surface area contributed by atoms with Crippen LogP contribution in [0.4, 0.5) is 5.95 Å². The fourth-order valence-corrected chi connectivity index (χ4v) is 4.82. The summed E-state index contributed by atoms with van der Waals surface area (Å²) in [5.74, 6) is 0.156. The van der Waals surface area contributed by atoms with Gasteiger partial charge in [0.1, 0.15) is 0 Å². The van der Waals surface area contributed by atoms with Crippen molar-refractivity contribution < 1.29 is 4.92 Å². The number of aromatic amines is 1. The first-order valence-electron chi connectivity index (χ1n) is 10.4. The van der Waals surface area contributed by atoms with E-state index >= 15 is 0 Å². The number of nitrogens with zero attached hydrogens (tertiary/aromatic N) is 4. The molecule has 2 aromatic heterocycles. The van der Waals surface area contributed by atoms with Crippen LogP contribution in [0, 0.1) is 22.0 Å². The lowest BCUT2D eigenvalue weighted by Gasteiger charge is -2.24. The second kappa shape index (κ2) is 7.89. The highest BCUT2D eigenvalue weighted by atomic mass is 16.6. The van der Waals surface area contributed by atoms with E-state index < -0.39 is 16.4 Å². The standard InChI is InChI=1S/C19H27N5O4/c25-17-15-16(21-18(20-15)24(27)28)22(11-13-7-3-1-4-8-13)19(26)23(17)12-14-9-5-2-6-10-14/h13-14H,1-12H2,(H,20,21). The number of hydrogen-bond acceptors (Lipinski definition) is 5. The maximum atomic E-state index is 13.2. The summed E-state index contributed by atoms with van der Waals surface area (Å²) in [5.41, 5.74) is -0.689. The number of fused-ring (bicyclic) bond motifs is 1. The van der Waals surface area contributed by atoms with Crippen LogP contribution < -0.4 is 11.2 Å². The minimum Gasteiger partial charge on any atom is -0.390 e. The minimum atomic E-state index is -0.652. The van der Waals surface area contributed by atoms with E-state index in [4.69, 9.17) is 0 Å². The van der Waals surface area contributed by atoms with Crippen LogP contribution in [0.15, 0.2) is 9.59 Å². The Morgan fingerprint density at radius 3 is 2.00 bits per heavy atom. The molecule has 0 unspecified atom stereocenters. The summed E-state index contributed by atoms with van der Waals surface area (Å²) < 4.78 is 2.78. The van der Waals surface area contributed by atoms with Crippen LogP contribution in [0.5, 0.6) is 0 Å². The molecule has 1 N–H and O–H groups in total. The summed E-state index contributed by atoms with van der Waals surface area (Å²) in [5, 5.41) is 11.2. The van der Waals surface area contributed by atoms with Crippen molar-refractivity contribution in [2.24, 2.45) is 11.8 Å². The Hall–Kier alpha value is -2.45. The zero-order valence-electron chi connectivity index (χ0n) is 16.1. The Morgan fingerprint density at radius 1 is 0.929 bits per heavy atom. The summed E-state index contributed by atoms with van der Waals surface area (Å²) in [6, 6.07) is 0. The molecule has 0 bridgehead atoms. The van der Waals surface area contributed by atoms with Crippen molar-refractivity contribution in [2.75, 3.05) is 0 Å². The second-order valence-corrected chi connectivity index (χ2v) is 8.33. The van der Waals surface area contributed by atoms with Crippen LogP contribution in [-0.4, -0.2) is 24.0 Å². The molecule has 0 atom stereocenters. The summed E-state index contributed by atoms with van der Waals surface area (Å²) >= 11 is 0. The van der Waals surface area contributed by atoms with Gasteiger partial charge < -0.3 is 10.1 Å². The van der Waals surface area contributed by atoms with Crippen LogP contribution in [0.2, 0.25) is 0 Å². The van der Waals surface area contributed by atoms with Crippen LogP contribution in [0.1, 0.15) is 64.2 Å². The van der Waals surface area contributed by atoms with Crippen LogP contribution >= 0.6 is 0 Å². The lowest BCUT2D eigenvalue weighted by Crippen LogP contribution is -2.42. The molecule has 28 heavy (non-hydrogen) atoms. The van der Waals surface area contributed by atoms with E-state index in [2.05, 4.69) is 9.97 Å². The molecule has 2 aromatic rings. The predicted molar refractivity (Wildman–Crippen MR) is 104 cm³/mol. The largest absolute Gasteiger partial charge is 0.435 e. The average molecular weight is 389 g/mol.